The second kappa shape index (κ2) is 6.73. The summed E-state index contributed by atoms with van der Waals surface area (Å²) in [6.07, 6.45) is 4.77. The van der Waals surface area contributed by atoms with E-state index in [0.29, 0.717) is 16.5 Å². The van der Waals surface area contributed by atoms with Crippen LogP contribution in [-0.2, 0) is 6.54 Å². The number of hydrogen-bond donors (Lipinski definition) is 0. The highest BCUT2D eigenvalue weighted by Crippen LogP contribution is 2.33. The fraction of sp³-hybridized carbons (Fsp3) is 0.421. The minimum atomic E-state index is 0.0865. The van der Waals surface area contributed by atoms with Crippen LogP contribution in [0.4, 0.5) is 0 Å². The third-order valence-electron chi connectivity index (χ3n) is 5.16. The number of amides is 1. The van der Waals surface area contributed by atoms with Crippen molar-refractivity contribution in [2.75, 3.05) is 19.6 Å². The van der Waals surface area contributed by atoms with Crippen molar-refractivity contribution in [2.24, 2.45) is 5.92 Å². The van der Waals surface area contributed by atoms with Gasteiger partial charge in [-0.2, -0.15) is 0 Å². The van der Waals surface area contributed by atoms with E-state index in [2.05, 4.69) is 14.9 Å². The Morgan fingerprint density at radius 2 is 2.08 bits per heavy atom. The number of carbonyl (C=O) groups excluding carboxylic acids is 1. The first kappa shape index (κ1) is 16.5. The van der Waals surface area contributed by atoms with Gasteiger partial charge in [0.05, 0.1) is 6.54 Å². The Labute approximate surface area is 152 Å². The smallest absolute Gasteiger partial charge is 0.254 e. The Morgan fingerprint density at radius 3 is 2.84 bits per heavy atom. The van der Waals surface area contributed by atoms with Crippen molar-refractivity contribution in [1.82, 2.24) is 19.8 Å². The van der Waals surface area contributed by atoms with Crippen LogP contribution in [0.1, 0.15) is 28.2 Å². The Morgan fingerprint density at radius 1 is 1.28 bits per heavy atom. The van der Waals surface area contributed by atoms with Gasteiger partial charge < -0.3 is 4.90 Å². The minimum absolute atomic E-state index is 0.0865. The van der Waals surface area contributed by atoms with Gasteiger partial charge in [-0.3, -0.25) is 9.69 Å². The number of fused-ring (bicyclic) bond motifs is 1. The van der Waals surface area contributed by atoms with E-state index in [1.807, 2.05) is 36.4 Å². The molecule has 2 fully saturated rings. The Bertz CT molecular complexity index is 779. The average molecular weight is 357 g/mol. The van der Waals surface area contributed by atoms with E-state index in [1.165, 1.54) is 0 Å². The predicted octanol–water partition coefficient (Wildman–Crippen LogP) is 2.78. The van der Waals surface area contributed by atoms with Crippen molar-refractivity contribution in [1.29, 1.82) is 0 Å². The Balaban J connectivity index is 1.44. The molecule has 0 bridgehead atoms. The number of aromatic nitrogens is 2. The highest BCUT2D eigenvalue weighted by Gasteiger charge is 2.43. The quantitative estimate of drug-likeness (QED) is 0.848. The highest BCUT2D eigenvalue weighted by molar-refractivity contribution is 6.30. The Hall–Kier alpha value is -1.98. The lowest BCUT2D eigenvalue weighted by molar-refractivity contribution is 0.0726. The minimum Gasteiger partial charge on any atom is -0.334 e. The molecular formula is C19H21ClN4O. The number of aryl methyl sites for hydroxylation is 1. The molecule has 4 rings (SSSR count). The molecular weight excluding hydrogens is 336 g/mol. The largest absolute Gasteiger partial charge is 0.334 e. The molecule has 25 heavy (non-hydrogen) atoms. The van der Waals surface area contributed by atoms with E-state index < -0.39 is 0 Å². The zero-order valence-corrected chi connectivity index (χ0v) is 15.0. The van der Waals surface area contributed by atoms with Crippen LogP contribution in [0.3, 0.4) is 0 Å². The van der Waals surface area contributed by atoms with Gasteiger partial charge in [-0.1, -0.05) is 17.7 Å². The SMILES string of the molecule is Cc1cnc(CN2C[C@@H]3CCN(C(=O)c4cccc(Cl)c4)[C@@H]3C2)nc1. The second-order valence-corrected chi connectivity index (χ2v) is 7.43. The van der Waals surface area contributed by atoms with Gasteiger partial charge in [-0.15, -0.1) is 0 Å². The van der Waals surface area contributed by atoms with Gasteiger partial charge >= 0.3 is 0 Å². The molecule has 3 heterocycles. The zero-order valence-electron chi connectivity index (χ0n) is 14.2. The van der Waals surface area contributed by atoms with Crippen molar-refractivity contribution in [3.63, 3.8) is 0 Å². The van der Waals surface area contributed by atoms with E-state index in [-0.39, 0.29) is 11.9 Å². The molecule has 1 amide bonds. The van der Waals surface area contributed by atoms with Crippen molar-refractivity contribution in [3.05, 3.63) is 58.6 Å². The molecule has 0 radical (unpaired) electrons. The first-order valence-electron chi connectivity index (χ1n) is 8.66. The van der Waals surface area contributed by atoms with Gasteiger partial charge in [-0.05, 0) is 43.0 Å². The monoisotopic (exact) mass is 356 g/mol. The molecule has 2 aromatic rings. The van der Waals surface area contributed by atoms with E-state index >= 15 is 0 Å². The zero-order chi connectivity index (χ0) is 17.4. The Kier molecular flexibility index (Phi) is 4.44. The normalized spacial score (nSPS) is 23.0. The number of likely N-dealkylation sites (tertiary alicyclic amines) is 2. The molecule has 0 spiro atoms. The average Bonchev–Trinajstić information content (AvgIpc) is 3.16. The third kappa shape index (κ3) is 3.39. The summed E-state index contributed by atoms with van der Waals surface area (Å²) < 4.78 is 0. The van der Waals surface area contributed by atoms with Crippen LogP contribution in [-0.4, -0.2) is 51.4 Å². The standard InChI is InChI=1S/C19H21ClN4O/c1-13-8-21-18(22-9-13)12-23-10-15-5-6-24(17(15)11-23)19(25)14-3-2-4-16(20)7-14/h2-4,7-9,15,17H,5-6,10-12H2,1H3/t15-,17+/m0/s1. The van der Waals surface area contributed by atoms with Gasteiger partial charge in [-0.25, -0.2) is 9.97 Å². The molecule has 5 nitrogen and oxygen atoms in total. The maximum Gasteiger partial charge on any atom is 0.254 e. The van der Waals surface area contributed by atoms with E-state index in [9.17, 15) is 4.79 Å². The van der Waals surface area contributed by atoms with Crippen molar-refractivity contribution in [2.45, 2.75) is 25.9 Å². The van der Waals surface area contributed by atoms with Gasteiger partial charge in [0.2, 0.25) is 0 Å². The molecule has 0 aliphatic carbocycles. The van der Waals surface area contributed by atoms with Crippen LogP contribution in [0.25, 0.3) is 0 Å². The maximum atomic E-state index is 12.9. The molecule has 2 aliphatic rings. The molecule has 0 saturated carbocycles. The lowest BCUT2D eigenvalue weighted by atomic mass is 10.0. The van der Waals surface area contributed by atoms with Crippen LogP contribution >= 0.6 is 11.6 Å². The molecule has 0 unspecified atom stereocenters. The van der Waals surface area contributed by atoms with Crippen LogP contribution in [0.15, 0.2) is 36.7 Å². The van der Waals surface area contributed by atoms with E-state index in [0.717, 1.165) is 44.0 Å². The van der Waals surface area contributed by atoms with Crippen LogP contribution < -0.4 is 0 Å². The molecule has 2 saturated heterocycles. The summed E-state index contributed by atoms with van der Waals surface area (Å²) in [6, 6.07) is 7.50. The van der Waals surface area contributed by atoms with Gasteiger partial charge in [0.15, 0.2) is 0 Å². The van der Waals surface area contributed by atoms with Gasteiger partial charge in [0.25, 0.3) is 5.91 Å². The molecule has 2 aliphatic heterocycles. The first-order valence-corrected chi connectivity index (χ1v) is 9.04. The number of benzene rings is 1. The lowest BCUT2D eigenvalue weighted by Crippen LogP contribution is -2.39. The first-order chi connectivity index (χ1) is 12.1. The van der Waals surface area contributed by atoms with Crippen LogP contribution in [0.5, 0.6) is 0 Å². The van der Waals surface area contributed by atoms with Crippen LogP contribution in [0, 0.1) is 12.8 Å². The molecule has 2 atom stereocenters. The lowest BCUT2D eigenvalue weighted by Gasteiger charge is -2.25. The fourth-order valence-corrected chi connectivity index (χ4v) is 4.11. The van der Waals surface area contributed by atoms with E-state index in [1.54, 1.807) is 12.1 Å². The summed E-state index contributed by atoms with van der Waals surface area (Å²) in [5.41, 5.74) is 1.74. The number of rotatable bonds is 3. The summed E-state index contributed by atoms with van der Waals surface area (Å²) in [6.45, 7) is 5.45. The number of hydrogen-bond acceptors (Lipinski definition) is 4. The van der Waals surface area contributed by atoms with Crippen molar-refractivity contribution >= 4 is 17.5 Å². The van der Waals surface area contributed by atoms with Crippen molar-refractivity contribution < 1.29 is 4.79 Å². The van der Waals surface area contributed by atoms with Gasteiger partial charge in [0, 0.05) is 48.7 Å². The number of halogens is 1. The molecule has 1 aromatic heterocycles. The fourth-order valence-electron chi connectivity index (χ4n) is 3.92. The summed E-state index contributed by atoms with van der Waals surface area (Å²) in [5.74, 6) is 1.47. The summed E-state index contributed by atoms with van der Waals surface area (Å²) in [5, 5.41) is 0.603. The van der Waals surface area contributed by atoms with Crippen molar-refractivity contribution in [3.8, 4) is 0 Å². The highest BCUT2D eigenvalue weighted by atomic mass is 35.5. The number of carbonyl (C=O) groups is 1. The van der Waals surface area contributed by atoms with E-state index in [4.69, 9.17) is 11.6 Å². The third-order valence-corrected chi connectivity index (χ3v) is 5.39. The second-order valence-electron chi connectivity index (χ2n) is 7.00. The topological polar surface area (TPSA) is 49.3 Å². The molecule has 0 N–H and O–H groups in total. The van der Waals surface area contributed by atoms with Gasteiger partial charge in [0.1, 0.15) is 5.82 Å². The molecule has 1 aromatic carbocycles. The number of nitrogens with zero attached hydrogens (tertiary/aromatic N) is 4. The summed E-state index contributed by atoms with van der Waals surface area (Å²) in [7, 11) is 0. The molecule has 130 valence electrons. The predicted molar refractivity (Wildman–Crippen MR) is 96.4 cm³/mol. The summed E-state index contributed by atoms with van der Waals surface area (Å²) >= 11 is 6.04. The van der Waals surface area contributed by atoms with Crippen LogP contribution in [0.2, 0.25) is 5.02 Å². The maximum absolute atomic E-state index is 12.9. The summed E-state index contributed by atoms with van der Waals surface area (Å²) in [4.78, 5) is 26.0. The molecule has 6 heteroatoms.